The molecule has 240 valence electrons. The highest BCUT2D eigenvalue weighted by atomic mass is 32.2. The number of likely N-dealkylation sites (N-methyl/N-ethyl adjacent to an activating group) is 2. The maximum absolute atomic E-state index is 12.5. The minimum absolute atomic E-state index is 0.0334. The monoisotopic (exact) mass is 616 g/mol. The third kappa shape index (κ3) is 20.0. The second kappa shape index (κ2) is 27.3. The van der Waals surface area contributed by atoms with Crippen molar-refractivity contribution in [3.63, 3.8) is 0 Å². The van der Waals surface area contributed by atoms with E-state index in [0.717, 1.165) is 44.1 Å². The number of carbonyl (C=O) groups is 3. The molecule has 1 fully saturated rings. The van der Waals surface area contributed by atoms with Gasteiger partial charge < -0.3 is 30.1 Å². The number of hydrogen-bond donors (Lipinski definition) is 2. The van der Waals surface area contributed by atoms with Crippen LogP contribution in [0.1, 0.15) is 41.0 Å². The zero-order chi connectivity index (χ0) is 33.0. The van der Waals surface area contributed by atoms with Crippen LogP contribution in [0.2, 0.25) is 0 Å². The molecular formula is C32H52N6O4S. The van der Waals surface area contributed by atoms with Gasteiger partial charge in [-0.05, 0) is 63.7 Å². The number of rotatable bonds is 14. The normalized spacial score (nSPS) is 13.4. The van der Waals surface area contributed by atoms with Gasteiger partial charge in [0.25, 0.3) is 12.4 Å². The van der Waals surface area contributed by atoms with Gasteiger partial charge in [-0.15, -0.1) is 11.8 Å². The van der Waals surface area contributed by atoms with Crippen molar-refractivity contribution in [2.24, 2.45) is 0 Å². The summed E-state index contributed by atoms with van der Waals surface area (Å²) in [5.41, 5.74) is 1.71. The quantitative estimate of drug-likeness (QED) is 0.126. The molecule has 0 radical (unpaired) electrons. The van der Waals surface area contributed by atoms with Gasteiger partial charge in [-0.25, -0.2) is 0 Å². The van der Waals surface area contributed by atoms with Gasteiger partial charge in [0, 0.05) is 70.0 Å². The Morgan fingerprint density at radius 2 is 1.72 bits per heavy atom. The zero-order valence-electron chi connectivity index (χ0n) is 27.1. The lowest BCUT2D eigenvalue weighted by molar-refractivity contribution is -0.127. The fraction of sp³-hybridized carbons (Fsp3) is 0.500. The maximum atomic E-state index is 12.5. The van der Waals surface area contributed by atoms with Crippen LogP contribution in [0.4, 0.5) is 11.4 Å². The smallest absolute Gasteiger partial charge is 0.293 e. The first-order valence-electron chi connectivity index (χ1n) is 14.4. The number of benzene rings is 1. The van der Waals surface area contributed by atoms with Crippen LogP contribution in [0.3, 0.4) is 0 Å². The van der Waals surface area contributed by atoms with E-state index in [0.29, 0.717) is 30.9 Å². The molecule has 2 amide bonds. The molecular weight excluding hydrogens is 564 g/mol. The summed E-state index contributed by atoms with van der Waals surface area (Å²) < 4.78 is 4.18. The average molecular weight is 617 g/mol. The van der Waals surface area contributed by atoms with Gasteiger partial charge in [0.1, 0.15) is 6.61 Å². The van der Waals surface area contributed by atoms with Gasteiger partial charge in [-0.1, -0.05) is 33.1 Å². The summed E-state index contributed by atoms with van der Waals surface area (Å²) in [5.74, 6) is -0.00922. The number of carbonyl (C=O) groups excluding carboxylic acids is 3. The average Bonchev–Trinajstić information content (AvgIpc) is 3.01. The van der Waals surface area contributed by atoms with Gasteiger partial charge >= 0.3 is 0 Å². The number of piperazine rings is 1. The van der Waals surface area contributed by atoms with Crippen molar-refractivity contribution < 1.29 is 19.1 Å². The number of nitrogens with one attached hydrogen (secondary N) is 2. The number of hydrogen-bond acceptors (Lipinski definition) is 9. The Morgan fingerprint density at radius 3 is 2.16 bits per heavy atom. The maximum Gasteiger partial charge on any atom is 0.293 e. The van der Waals surface area contributed by atoms with Crippen LogP contribution in [0.15, 0.2) is 60.7 Å². The number of nitrogens with zero attached hydrogens (tertiary/aromatic N) is 4. The van der Waals surface area contributed by atoms with Crippen LogP contribution < -0.4 is 10.6 Å². The lowest BCUT2D eigenvalue weighted by Crippen LogP contribution is -2.45. The van der Waals surface area contributed by atoms with Crippen LogP contribution >= 0.6 is 11.8 Å². The first kappa shape index (κ1) is 41.5. The molecule has 1 unspecified atom stereocenters. The van der Waals surface area contributed by atoms with Gasteiger partial charge in [0.05, 0.1) is 11.0 Å². The Morgan fingerprint density at radius 1 is 1.16 bits per heavy atom. The molecule has 0 spiro atoms. The largest absolute Gasteiger partial charge is 0.464 e. The van der Waals surface area contributed by atoms with Gasteiger partial charge in [-0.2, -0.15) is 5.26 Å². The summed E-state index contributed by atoms with van der Waals surface area (Å²) in [7, 11) is 2.13. The molecule has 1 aromatic rings. The Balaban J connectivity index is 0. The van der Waals surface area contributed by atoms with Gasteiger partial charge in [0.2, 0.25) is 5.91 Å². The van der Waals surface area contributed by atoms with E-state index in [9.17, 15) is 14.4 Å². The molecule has 43 heavy (non-hydrogen) atoms. The second-order valence-electron chi connectivity index (χ2n) is 8.90. The van der Waals surface area contributed by atoms with E-state index >= 15 is 0 Å². The number of amides is 2. The molecule has 2 N–H and O–H groups in total. The molecule has 1 aliphatic heterocycles. The van der Waals surface area contributed by atoms with Gasteiger partial charge in [0.15, 0.2) is 0 Å². The summed E-state index contributed by atoms with van der Waals surface area (Å²) in [6.07, 6.45) is 7.38. The first-order valence-corrected chi connectivity index (χ1v) is 15.7. The third-order valence-corrected chi connectivity index (χ3v) is 6.50. The molecule has 0 saturated carbocycles. The Hall–Kier alpha value is -3.59. The molecule has 2 rings (SSSR count). The lowest BCUT2D eigenvalue weighted by Gasteiger charge is -2.32. The highest BCUT2D eigenvalue weighted by molar-refractivity contribution is 8.03. The fourth-order valence-electron chi connectivity index (χ4n) is 3.57. The number of thioether (sulfide) groups is 1. The van der Waals surface area contributed by atoms with E-state index in [2.05, 4.69) is 45.4 Å². The highest BCUT2D eigenvalue weighted by Crippen LogP contribution is 2.19. The minimum atomic E-state index is -0.0433. The molecule has 10 nitrogen and oxygen atoms in total. The minimum Gasteiger partial charge on any atom is -0.464 e. The van der Waals surface area contributed by atoms with Crippen LogP contribution in [0.25, 0.3) is 0 Å². The number of ether oxygens (including phenoxy) is 1. The summed E-state index contributed by atoms with van der Waals surface area (Å²) in [6, 6.07) is 9.37. The standard InChI is InChI=1S/C24H37N5O2S.C4H6O2.C2H3N.C2H6/c1-6-29(7-2)24(31)22(32-5)18-19(3)25-20-8-10-21(11-9-20)26-23(30)12-13-28-16-14-27(4)15-17-28;1-2-3-6-4-5;1-2-3;1-2/h6,8-11,18-19,25H,1,7,12-17H2,2-5H3,(H,26,30);2,4H,1,3H2;1H3;1-2H3. The molecule has 1 atom stereocenters. The Labute approximate surface area is 263 Å². The van der Waals surface area contributed by atoms with E-state index in [-0.39, 0.29) is 17.9 Å². The Bertz CT molecular complexity index is 994. The molecule has 1 heterocycles. The van der Waals surface area contributed by atoms with Crippen molar-refractivity contribution in [1.29, 1.82) is 5.26 Å². The van der Waals surface area contributed by atoms with E-state index < -0.39 is 0 Å². The van der Waals surface area contributed by atoms with Crippen molar-refractivity contribution in [2.45, 2.75) is 47.1 Å². The fourth-order valence-corrected chi connectivity index (χ4v) is 4.20. The predicted octanol–water partition coefficient (Wildman–Crippen LogP) is 5.20. The van der Waals surface area contributed by atoms with E-state index in [1.165, 1.54) is 24.8 Å². The summed E-state index contributed by atoms with van der Waals surface area (Å²) in [4.78, 5) is 41.0. The van der Waals surface area contributed by atoms with Crippen molar-refractivity contribution in [3.8, 4) is 6.07 Å². The second-order valence-corrected chi connectivity index (χ2v) is 9.75. The molecule has 0 aromatic heterocycles. The lowest BCUT2D eigenvalue weighted by atomic mass is 10.2. The molecule has 1 aliphatic rings. The number of anilines is 2. The molecule has 11 heteroatoms. The van der Waals surface area contributed by atoms with Gasteiger partial charge in [-0.3, -0.25) is 14.4 Å². The topological polar surface area (TPSA) is 118 Å². The van der Waals surface area contributed by atoms with Crippen molar-refractivity contribution in [2.75, 3.05) is 69.8 Å². The number of nitriles is 1. The van der Waals surface area contributed by atoms with Crippen LogP contribution in [-0.2, 0) is 19.1 Å². The summed E-state index contributed by atoms with van der Waals surface area (Å²) in [5, 5.41) is 13.7. The summed E-state index contributed by atoms with van der Waals surface area (Å²) >= 11 is 1.43. The van der Waals surface area contributed by atoms with E-state index in [1.807, 2.05) is 64.3 Å². The van der Waals surface area contributed by atoms with Crippen LogP contribution in [-0.4, -0.2) is 98.2 Å². The predicted molar refractivity (Wildman–Crippen MR) is 181 cm³/mol. The van der Waals surface area contributed by atoms with Crippen LogP contribution in [0.5, 0.6) is 0 Å². The molecule has 1 aromatic carbocycles. The van der Waals surface area contributed by atoms with Crippen LogP contribution in [0, 0.1) is 11.3 Å². The first-order chi connectivity index (χ1) is 20.7. The Kier molecular flexibility index (Phi) is 26.3. The SMILES string of the molecule is C=CCOC=O.C=CN(CC)C(=O)C(=CC(C)Nc1ccc(NC(=O)CCN2CCN(C)CC2)cc1)SC.CC.CC#N. The third-order valence-electron chi connectivity index (χ3n) is 5.75. The van der Waals surface area contributed by atoms with Crippen molar-refractivity contribution in [1.82, 2.24) is 14.7 Å². The zero-order valence-corrected chi connectivity index (χ0v) is 27.9. The highest BCUT2D eigenvalue weighted by Gasteiger charge is 2.16. The van der Waals surface area contributed by atoms with E-state index in [4.69, 9.17) is 5.26 Å². The molecule has 0 bridgehead atoms. The summed E-state index contributed by atoms with van der Waals surface area (Å²) in [6.45, 7) is 22.6. The molecule has 1 saturated heterocycles. The van der Waals surface area contributed by atoms with Crippen molar-refractivity contribution >= 4 is 41.4 Å². The van der Waals surface area contributed by atoms with E-state index in [1.54, 1.807) is 17.2 Å². The molecule has 0 aliphatic carbocycles. The van der Waals surface area contributed by atoms with Crippen molar-refractivity contribution in [3.05, 3.63) is 60.7 Å².